The van der Waals surface area contributed by atoms with E-state index in [1.54, 1.807) is 0 Å². The van der Waals surface area contributed by atoms with Crippen LogP contribution < -0.4 is 5.32 Å². The Balaban J connectivity index is 1.91. The summed E-state index contributed by atoms with van der Waals surface area (Å²) in [5, 5.41) is 6.17. The van der Waals surface area contributed by atoms with Crippen molar-refractivity contribution < 1.29 is 0 Å². The van der Waals surface area contributed by atoms with Crippen molar-refractivity contribution in [3.8, 4) is 0 Å². The van der Waals surface area contributed by atoms with Gasteiger partial charge in [0.1, 0.15) is 5.01 Å². The van der Waals surface area contributed by atoms with Gasteiger partial charge in [-0.1, -0.05) is 20.8 Å². The first-order valence-corrected chi connectivity index (χ1v) is 10.3. The molecular formula is C15H24N2S3. The van der Waals surface area contributed by atoms with Gasteiger partial charge in [-0.2, -0.15) is 11.8 Å². The molecule has 112 valence electrons. The van der Waals surface area contributed by atoms with Crippen molar-refractivity contribution in [3.63, 3.8) is 0 Å². The van der Waals surface area contributed by atoms with E-state index in [2.05, 4.69) is 56.7 Å². The first-order valence-electron chi connectivity index (χ1n) is 7.40. The molecule has 0 amide bonds. The SMILES string of the molecule is CNC1CC(C)(C)Cc2nc(C3SCCSC3C)sc21. The molecule has 3 rings (SSSR count). The van der Waals surface area contributed by atoms with E-state index >= 15 is 0 Å². The highest BCUT2D eigenvalue weighted by Gasteiger charge is 2.36. The Hall–Kier alpha value is 0.290. The van der Waals surface area contributed by atoms with Crippen LogP contribution in [0.5, 0.6) is 0 Å². The van der Waals surface area contributed by atoms with Gasteiger partial charge in [-0.05, 0) is 25.3 Å². The number of nitrogens with zero attached hydrogens (tertiary/aromatic N) is 1. The highest BCUT2D eigenvalue weighted by molar-refractivity contribution is 8.06. The number of fused-ring (bicyclic) bond motifs is 1. The van der Waals surface area contributed by atoms with Gasteiger partial charge in [-0.15, -0.1) is 23.1 Å². The topological polar surface area (TPSA) is 24.9 Å². The lowest BCUT2D eigenvalue weighted by atomic mass is 9.76. The summed E-state index contributed by atoms with van der Waals surface area (Å²) in [6.07, 6.45) is 2.36. The summed E-state index contributed by atoms with van der Waals surface area (Å²) >= 11 is 6.18. The predicted molar refractivity (Wildman–Crippen MR) is 93.1 cm³/mol. The van der Waals surface area contributed by atoms with Gasteiger partial charge in [-0.25, -0.2) is 4.98 Å². The number of rotatable bonds is 2. The van der Waals surface area contributed by atoms with Crippen molar-refractivity contribution in [2.45, 2.75) is 50.2 Å². The van der Waals surface area contributed by atoms with E-state index in [4.69, 9.17) is 4.98 Å². The Morgan fingerprint density at radius 1 is 1.25 bits per heavy atom. The normalized spacial score (nSPS) is 32.9. The molecule has 1 N–H and O–H groups in total. The van der Waals surface area contributed by atoms with Crippen LogP contribution in [0.25, 0.3) is 0 Å². The lowest BCUT2D eigenvalue weighted by Gasteiger charge is -2.34. The fourth-order valence-electron chi connectivity index (χ4n) is 3.21. The third-order valence-electron chi connectivity index (χ3n) is 4.24. The highest BCUT2D eigenvalue weighted by atomic mass is 32.2. The molecule has 0 radical (unpaired) electrons. The number of hydrogen-bond acceptors (Lipinski definition) is 5. The Kier molecular flexibility index (Phi) is 4.42. The van der Waals surface area contributed by atoms with E-state index in [0.29, 0.717) is 22.0 Å². The smallest absolute Gasteiger partial charge is 0.107 e. The van der Waals surface area contributed by atoms with Crippen molar-refractivity contribution in [2.24, 2.45) is 5.41 Å². The Labute approximate surface area is 134 Å². The molecule has 0 aromatic carbocycles. The summed E-state index contributed by atoms with van der Waals surface area (Å²) in [4.78, 5) is 6.57. The maximum Gasteiger partial charge on any atom is 0.107 e. The van der Waals surface area contributed by atoms with Crippen LogP contribution >= 0.6 is 34.9 Å². The van der Waals surface area contributed by atoms with E-state index in [9.17, 15) is 0 Å². The number of aromatic nitrogens is 1. The van der Waals surface area contributed by atoms with Gasteiger partial charge in [0.25, 0.3) is 0 Å². The van der Waals surface area contributed by atoms with Crippen LogP contribution in [0, 0.1) is 5.41 Å². The molecule has 1 saturated heterocycles. The van der Waals surface area contributed by atoms with Crippen molar-refractivity contribution in [1.82, 2.24) is 10.3 Å². The molecular weight excluding hydrogens is 304 g/mol. The lowest BCUT2D eigenvalue weighted by molar-refractivity contribution is 0.265. The van der Waals surface area contributed by atoms with Crippen LogP contribution in [0.1, 0.15) is 54.1 Å². The fraction of sp³-hybridized carbons (Fsp3) is 0.800. The quantitative estimate of drug-likeness (QED) is 0.875. The predicted octanol–water partition coefficient (Wildman–Crippen LogP) is 4.29. The summed E-state index contributed by atoms with van der Waals surface area (Å²) < 4.78 is 0. The molecule has 1 aliphatic carbocycles. The average Bonchev–Trinajstić information content (AvgIpc) is 2.80. The Morgan fingerprint density at radius 2 is 2.00 bits per heavy atom. The van der Waals surface area contributed by atoms with Gasteiger partial charge in [0.15, 0.2) is 0 Å². The van der Waals surface area contributed by atoms with E-state index < -0.39 is 0 Å². The molecule has 1 fully saturated rings. The van der Waals surface area contributed by atoms with Crippen molar-refractivity contribution in [2.75, 3.05) is 18.6 Å². The van der Waals surface area contributed by atoms with Crippen LogP contribution in [0.15, 0.2) is 0 Å². The molecule has 3 atom stereocenters. The maximum atomic E-state index is 5.06. The fourth-order valence-corrected chi connectivity index (χ4v) is 7.56. The molecule has 2 nitrogen and oxygen atoms in total. The van der Waals surface area contributed by atoms with Crippen molar-refractivity contribution in [1.29, 1.82) is 0 Å². The molecule has 1 aromatic rings. The van der Waals surface area contributed by atoms with Gasteiger partial charge in [0.05, 0.1) is 10.9 Å². The van der Waals surface area contributed by atoms with E-state index in [1.807, 2.05) is 11.3 Å². The lowest BCUT2D eigenvalue weighted by Crippen LogP contribution is -2.30. The second-order valence-electron chi connectivity index (χ2n) is 6.62. The zero-order chi connectivity index (χ0) is 14.3. The van der Waals surface area contributed by atoms with Crippen molar-refractivity contribution >= 4 is 34.9 Å². The van der Waals surface area contributed by atoms with E-state index in [-0.39, 0.29) is 0 Å². The summed E-state index contributed by atoms with van der Waals surface area (Å²) in [5.41, 5.74) is 1.73. The van der Waals surface area contributed by atoms with Crippen LogP contribution in [-0.2, 0) is 6.42 Å². The van der Waals surface area contributed by atoms with Gasteiger partial charge in [0, 0.05) is 27.7 Å². The van der Waals surface area contributed by atoms with Gasteiger partial charge >= 0.3 is 0 Å². The van der Waals surface area contributed by atoms with Crippen LogP contribution in [0.2, 0.25) is 0 Å². The first-order chi connectivity index (χ1) is 9.50. The van der Waals surface area contributed by atoms with Gasteiger partial charge in [0.2, 0.25) is 0 Å². The molecule has 0 bridgehead atoms. The van der Waals surface area contributed by atoms with E-state index in [0.717, 1.165) is 6.42 Å². The summed E-state index contributed by atoms with van der Waals surface area (Å²) in [6, 6.07) is 0.497. The number of hydrogen-bond donors (Lipinski definition) is 1. The maximum absolute atomic E-state index is 5.06. The highest BCUT2D eigenvalue weighted by Crippen LogP contribution is 2.48. The molecule has 3 unspecified atom stereocenters. The van der Waals surface area contributed by atoms with E-state index in [1.165, 1.54) is 33.5 Å². The molecule has 1 aromatic heterocycles. The molecule has 2 heterocycles. The van der Waals surface area contributed by atoms with Gasteiger partial charge in [-0.3, -0.25) is 0 Å². The Bertz CT molecular complexity index is 483. The third kappa shape index (κ3) is 2.92. The molecule has 5 heteroatoms. The summed E-state index contributed by atoms with van der Waals surface area (Å²) in [6.45, 7) is 7.10. The number of nitrogens with one attached hydrogen (secondary N) is 1. The van der Waals surface area contributed by atoms with Crippen molar-refractivity contribution in [3.05, 3.63) is 15.6 Å². The Morgan fingerprint density at radius 3 is 2.70 bits per heavy atom. The summed E-state index contributed by atoms with van der Waals surface area (Å²) in [7, 11) is 2.09. The minimum absolute atomic E-state index is 0.367. The van der Waals surface area contributed by atoms with Crippen LogP contribution in [-0.4, -0.2) is 28.8 Å². The molecule has 20 heavy (non-hydrogen) atoms. The minimum atomic E-state index is 0.367. The summed E-state index contributed by atoms with van der Waals surface area (Å²) in [5.74, 6) is 2.56. The third-order valence-corrected chi connectivity index (χ3v) is 8.79. The second-order valence-corrected chi connectivity index (χ2v) is 10.4. The zero-order valence-corrected chi connectivity index (χ0v) is 15.2. The number of thioether (sulfide) groups is 2. The second kappa shape index (κ2) is 5.82. The van der Waals surface area contributed by atoms with Crippen LogP contribution in [0.3, 0.4) is 0 Å². The molecule has 2 aliphatic rings. The number of thiazole rings is 1. The first kappa shape index (κ1) is 15.2. The molecule has 1 aliphatic heterocycles. The molecule has 0 spiro atoms. The molecule has 0 saturated carbocycles. The largest absolute Gasteiger partial charge is 0.312 e. The van der Waals surface area contributed by atoms with Gasteiger partial charge < -0.3 is 5.32 Å². The standard InChI is InChI=1S/C15H24N2S3/c1-9-12(19-6-5-18-9)14-17-11-8-15(2,3)7-10(16-4)13(11)20-14/h9-10,12,16H,5-8H2,1-4H3. The zero-order valence-electron chi connectivity index (χ0n) is 12.7. The van der Waals surface area contributed by atoms with Crippen LogP contribution in [0.4, 0.5) is 0 Å². The monoisotopic (exact) mass is 328 g/mol. The minimum Gasteiger partial charge on any atom is -0.312 e. The average molecular weight is 329 g/mol.